The molecule has 0 aliphatic carbocycles. The second-order valence-corrected chi connectivity index (χ2v) is 2.77. The smallest absolute Gasteiger partial charge is 0.258 e. The van der Waals surface area contributed by atoms with E-state index < -0.39 is 33.9 Å². The van der Waals surface area contributed by atoms with Gasteiger partial charge in [-0.15, -0.1) is 0 Å². The fourth-order valence-electron chi connectivity index (χ4n) is 1.01. The van der Waals surface area contributed by atoms with Gasteiger partial charge in [0.25, 0.3) is 0 Å². The predicted octanol–water partition coefficient (Wildman–Crippen LogP) is 3.69. The highest BCUT2D eigenvalue weighted by Gasteiger charge is 2.34. The maximum absolute atomic E-state index is 13.2. The molecule has 1 aromatic carbocycles. The van der Waals surface area contributed by atoms with Gasteiger partial charge >= 0.3 is 11.9 Å². The molecule has 1 aromatic rings. The van der Waals surface area contributed by atoms with Gasteiger partial charge in [-0.25, -0.2) is 0 Å². The topological polar surface area (TPSA) is 91.9 Å². The van der Waals surface area contributed by atoms with E-state index in [1.165, 1.54) is 0 Å². The largest absolute Gasteiger partial charge is 0.416 e. The van der Waals surface area contributed by atoms with Gasteiger partial charge < -0.3 is 0 Å². The molecule has 17 heavy (non-hydrogen) atoms. The summed E-state index contributed by atoms with van der Waals surface area (Å²) in [6.45, 7) is 0. The van der Waals surface area contributed by atoms with Crippen LogP contribution in [-0.4, -0.2) is 4.92 Å². The highest BCUT2D eigenvalue weighted by atomic mass is 19.4. The molecular weight excluding hydrogens is 248 g/mol. The van der Waals surface area contributed by atoms with Gasteiger partial charge in [0.05, 0.1) is 16.2 Å². The monoisotopic (exact) mass is 250 g/mol. The molecule has 0 radical (unpaired) electrons. The fraction of sp³-hybridized carbons (Fsp3) is 0.143. The highest BCUT2D eigenvalue weighted by Crippen LogP contribution is 2.37. The average molecular weight is 250 g/mol. The lowest BCUT2D eigenvalue weighted by Gasteiger charge is -2.07. The van der Waals surface area contributed by atoms with Crippen molar-refractivity contribution in [3.8, 4) is 0 Å². The first-order valence-electron chi connectivity index (χ1n) is 3.87. The number of nitro groups is 1. The maximum Gasteiger partial charge on any atom is 0.416 e. The van der Waals surface area contributed by atoms with Crippen LogP contribution >= 0.6 is 0 Å². The van der Waals surface area contributed by atoms with Crippen molar-refractivity contribution in [2.24, 2.45) is 5.11 Å². The summed E-state index contributed by atoms with van der Waals surface area (Å²) < 4.78 is 50.1. The van der Waals surface area contributed by atoms with E-state index in [0.29, 0.717) is 0 Å². The Morgan fingerprint density at radius 3 is 2.41 bits per heavy atom. The molecule has 6 nitrogen and oxygen atoms in total. The van der Waals surface area contributed by atoms with Crippen LogP contribution in [0.4, 0.5) is 28.9 Å². The third kappa shape index (κ3) is 2.61. The van der Waals surface area contributed by atoms with Gasteiger partial charge in [0.15, 0.2) is 0 Å². The standard InChI is InChI=1S/C7H2F4N4O2/c8-6-4(13-14-12)1-3(7(9,10)11)2-5(6)15(16)17/h1-2H. The minimum absolute atomic E-state index is 0.0335. The van der Waals surface area contributed by atoms with Crippen molar-refractivity contribution in [2.75, 3.05) is 0 Å². The summed E-state index contributed by atoms with van der Waals surface area (Å²) in [7, 11) is 0. The Hall–Kier alpha value is -2.35. The quantitative estimate of drug-likeness (QED) is 0.200. The van der Waals surface area contributed by atoms with Gasteiger partial charge in [-0.2, -0.15) is 17.6 Å². The van der Waals surface area contributed by atoms with Crippen LogP contribution in [0.15, 0.2) is 17.2 Å². The first kappa shape index (κ1) is 12.7. The minimum atomic E-state index is -4.90. The third-order valence-electron chi connectivity index (χ3n) is 1.71. The summed E-state index contributed by atoms with van der Waals surface area (Å²) in [5.41, 5.74) is 4.07. The van der Waals surface area contributed by atoms with Crippen LogP contribution in [0.25, 0.3) is 10.4 Å². The Labute approximate surface area is 90.2 Å². The molecule has 0 aliphatic rings. The number of hydrogen-bond acceptors (Lipinski definition) is 3. The Balaban J connectivity index is 3.58. The second-order valence-electron chi connectivity index (χ2n) is 2.77. The lowest BCUT2D eigenvalue weighted by atomic mass is 10.1. The van der Waals surface area contributed by atoms with Crippen molar-refractivity contribution < 1.29 is 22.5 Å². The van der Waals surface area contributed by atoms with E-state index in [1.807, 2.05) is 0 Å². The van der Waals surface area contributed by atoms with Gasteiger partial charge in [0.2, 0.25) is 5.82 Å². The molecule has 0 heterocycles. The predicted molar refractivity (Wildman–Crippen MR) is 46.9 cm³/mol. The zero-order valence-electron chi connectivity index (χ0n) is 7.77. The zero-order chi connectivity index (χ0) is 13.2. The number of azide groups is 1. The summed E-state index contributed by atoms with van der Waals surface area (Å²) >= 11 is 0. The molecule has 0 saturated heterocycles. The van der Waals surface area contributed by atoms with E-state index in [1.54, 1.807) is 0 Å². The van der Waals surface area contributed by atoms with Crippen LogP contribution in [-0.2, 0) is 6.18 Å². The first-order chi connectivity index (χ1) is 7.77. The molecule has 0 fully saturated rings. The van der Waals surface area contributed by atoms with E-state index in [0.717, 1.165) is 0 Å². The zero-order valence-corrected chi connectivity index (χ0v) is 7.77. The summed E-state index contributed by atoms with van der Waals surface area (Å²) in [5.74, 6) is -1.61. The summed E-state index contributed by atoms with van der Waals surface area (Å²) in [4.78, 5) is 11.1. The van der Waals surface area contributed by atoms with Crippen LogP contribution in [0.3, 0.4) is 0 Å². The number of rotatable bonds is 2. The van der Waals surface area contributed by atoms with E-state index in [2.05, 4.69) is 10.0 Å². The molecule has 0 atom stereocenters. The van der Waals surface area contributed by atoms with Crippen LogP contribution < -0.4 is 0 Å². The van der Waals surface area contributed by atoms with Gasteiger partial charge in [-0.05, 0) is 11.6 Å². The van der Waals surface area contributed by atoms with E-state index in [-0.39, 0.29) is 12.1 Å². The van der Waals surface area contributed by atoms with Crippen LogP contribution in [0.1, 0.15) is 5.56 Å². The first-order valence-corrected chi connectivity index (χ1v) is 3.87. The molecule has 0 unspecified atom stereocenters. The van der Waals surface area contributed by atoms with Gasteiger partial charge in [-0.3, -0.25) is 10.1 Å². The molecule has 0 amide bonds. The Kier molecular flexibility index (Phi) is 3.19. The number of nitrogens with zero attached hydrogens (tertiary/aromatic N) is 4. The number of halogens is 4. The molecular formula is C7H2F4N4O2. The van der Waals surface area contributed by atoms with Gasteiger partial charge in [0, 0.05) is 11.0 Å². The molecule has 0 bridgehead atoms. The van der Waals surface area contributed by atoms with Crippen LogP contribution in [0, 0.1) is 15.9 Å². The highest BCUT2D eigenvalue weighted by molar-refractivity contribution is 5.53. The van der Waals surface area contributed by atoms with Crippen LogP contribution in [0.5, 0.6) is 0 Å². The normalized spacial score (nSPS) is 10.8. The summed E-state index contributed by atoms with van der Waals surface area (Å²) in [6.07, 6.45) is -4.90. The van der Waals surface area contributed by atoms with Crippen molar-refractivity contribution in [1.82, 2.24) is 0 Å². The van der Waals surface area contributed by atoms with E-state index in [9.17, 15) is 27.7 Å². The summed E-state index contributed by atoms with van der Waals surface area (Å²) in [6, 6.07) is 0.230. The second kappa shape index (κ2) is 4.26. The lowest BCUT2D eigenvalue weighted by Crippen LogP contribution is -2.06. The fourth-order valence-corrected chi connectivity index (χ4v) is 1.01. The Bertz CT molecular complexity index is 498. The molecule has 0 aromatic heterocycles. The molecule has 0 saturated carbocycles. The third-order valence-corrected chi connectivity index (χ3v) is 1.71. The molecule has 0 spiro atoms. The number of nitro benzene ring substituents is 1. The Morgan fingerprint density at radius 2 is 2.00 bits per heavy atom. The minimum Gasteiger partial charge on any atom is -0.258 e. The van der Waals surface area contributed by atoms with Gasteiger partial charge in [0.1, 0.15) is 0 Å². The number of hydrogen-bond donors (Lipinski definition) is 0. The van der Waals surface area contributed by atoms with Crippen molar-refractivity contribution in [3.05, 3.63) is 44.1 Å². The maximum atomic E-state index is 13.2. The number of benzene rings is 1. The summed E-state index contributed by atoms with van der Waals surface area (Å²) in [5, 5.41) is 12.9. The van der Waals surface area contributed by atoms with E-state index in [4.69, 9.17) is 5.53 Å². The average Bonchev–Trinajstić information content (AvgIpc) is 2.19. The van der Waals surface area contributed by atoms with Gasteiger partial charge in [-0.1, -0.05) is 5.11 Å². The Morgan fingerprint density at radius 1 is 1.41 bits per heavy atom. The molecule has 1 rings (SSSR count). The van der Waals surface area contributed by atoms with Crippen molar-refractivity contribution in [1.29, 1.82) is 0 Å². The molecule has 90 valence electrons. The SMILES string of the molecule is [N-]=[N+]=Nc1cc(C(F)(F)F)cc([N+](=O)[O-])c1F. The molecule has 10 heteroatoms. The van der Waals surface area contributed by atoms with Crippen molar-refractivity contribution >= 4 is 11.4 Å². The lowest BCUT2D eigenvalue weighted by molar-refractivity contribution is -0.387. The van der Waals surface area contributed by atoms with Crippen molar-refractivity contribution in [3.63, 3.8) is 0 Å². The molecule has 0 N–H and O–H groups in total. The van der Waals surface area contributed by atoms with Crippen molar-refractivity contribution in [2.45, 2.75) is 6.18 Å². The number of alkyl halides is 3. The molecule has 0 aliphatic heterocycles. The van der Waals surface area contributed by atoms with Crippen LogP contribution in [0.2, 0.25) is 0 Å². The van der Waals surface area contributed by atoms with E-state index >= 15 is 0 Å².